The summed E-state index contributed by atoms with van der Waals surface area (Å²) in [6, 6.07) is 7.85. The Labute approximate surface area is 109 Å². The number of ether oxygens (including phenoxy) is 1. The van der Waals surface area contributed by atoms with Gasteiger partial charge in [-0.15, -0.1) is 0 Å². The van der Waals surface area contributed by atoms with Crippen molar-refractivity contribution in [2.45, 2.75) is 26.3 Å². The van der Waals surface area contributed by atoms with Crippen molar-refractivity contribution >= 4 is 5.91 Å². The molecule has 1 rings (SSSR count). The van der Waals surface area contributed by atoms with E-state index in [-0.39, 0.29) is 17.9 Å². The molecule has 1 unspecified atom stereocenters. The number of carbonyl (C=O) groups excluding carboxylic acids is 1. The van der Waals surface area contributed by atoms with Gasteiger partial charge in [0.25, 0.3) is 0 Å². The molecule has 0 aromatic heterocycles. The Morgan fingerprint density at radius 1 is 1.44 bits per heavy atom. The minimum Gasteiger partial charge on any atom is -0.497 e. The molecule has 4 nitrogen and oxygen atoms in total. The number of hydrogen-bond acceptors (Lipinski definition) is 3. The topological polar surface area (TPSA) is 64.3 Å². The maximum Gasteiger partial charge on any atom is 0.224 e. The first-order valence-electron chi connectivity index (χ1n) is 6.20. The first-order valence-corrected chi connectivity index (χ1v) is 6.20. The summed E-state index contributed by atoms with van der Waals surface area (Å²) < 4.78 is 5.16. The quantitative estimate of drug-likeness (QED) is 0.800. The van der Waals surface area contributed by atoms with Gasteiger partial charge in [-0.3, -0.25) is 4.79 Å². The van der Waals surface area contributed by atoms with E-state index < -0.39 is 0 Å². The lowest BCUT2D eigenvalue weighted by molar-refractivity contribution is -0.125. The molecule has 0 radical (unpaired) electrons. The van der Waals surface area contributed by atoms with E-state index in [2.05, 4.69) is 5.32 Å². The number of hydrogen-bond donors (Lipinski definition) is 2. The minimum absolute atomic E-state index is 0.00956. The van der Waals surface area contributed by atoms with E-state index in [1.165, 1.54) is 0 Å². The molecule has 0 fully saturated rings. The van der Waals surface area contributed by atoms with E-state index >= 15 is 0 Å². The monoisotopic (exact) mass is 250 g/mol. The van der Waals surface area contributed by atoms with Gasteiger partial charge in [0.15, 0.2) is 0 Å². The van der Waals surface area contributed by atoms with Crippen LogP contribution in [0.3, 0.4) is 0 Å². The van der Waals surface area contributed by atoms with E-state index in [1.807, 2.05) is 38.1 Å². The van der Waals surface area contributed by atoms with Crippen LogP contribution in [0.5, 0.6) is 5.75 Å². The van der Waals surface area contributed by atoms with Crippen LogP contribution in [0.15, 0.2) is 24.3 Å². The molecular weight excluding hydrogens is 228 g/mol. The Kier molecular flexibility index (Phi) is 5.65. The summed E-state index contributed by atoms with van der Waals surface area (Å²) in [5.74, 6) is 0.613. The maximum atomic E-state index is 11.9. The Balaban J connectivity index is 2.69. The molecule has 1 atom stereocenters. The van der Waals surface area contributed by atoms with Crippen LogP contribution in [-0.4, -0.2) is 25.6 Å². The third-order valence-corrected chi connectivity index (χ3v) is 2.70. The first-order chi connectivity index (χ1) is 8.56. The summed E-state index contributed by atoms with van der Waals surface area (Å²) in [7, 11) is 1.63. The van der Waals surface area contributed by atoms with Crippen molar-refractivity contribution in [3.05, 3.63) is 29.8 Å². The Morgan fingerprint density at radius 3 is 2.72 bits per heavy atom. The van der Waals surface area contributed by atoms with E-state index in [1.54, 1.807) is 7.11 Å². The Morgan fingerprint density at radius 2 is 2.17 bits per heavy atom. The molecule has 18 heavy (non-hydrogen) atoms. The molecule has 1 aromatic carbocycles. The maximum absolute atomic E-state index is 11.9. The fourth-order valence-electron chi connectivity index (χ4n) is 1.77. The van der Waals surface area contributed by atoms with Crippen molar-refractivity contribution in [3.63, 3.8) is 0 Å². The van der Waals surface area contributed by atoms with Crippen molar-refractivity contribution in [1.82, 2.24) is 5.32 Å². The molecule has 0 saturated heterocycles. The number of rotatable bonds is 6. The van der Waals surface area contributed by atoms with Crippen molar-refractivity contribution in [3.8, 4) is 5.75 Å². The largest absolute Gasteiger partial charge is 0.497 e. The van der Waals surface area contributed by atoms with Crippen LogP contribution in [0.2, 0.25) is 0 Å². The predicted octanol–water partition coefficient (Wildman–Crippen LogP) is 1.34. The van der Waals surface area contributed by atoms with Gasteiger partial charge in [0, 0.05) is 12.6 Å². The first kappa shape index (κ1) is 14.5. The summed E-state index contributed by atoms with van der Waals surface area (Å²) in [5, 5.41) is 2.89. The van der Waals surface area contributed by atoms with E-state index in [4.69, 9.17) is 10.5 Å². The molecule has 1 amide bonds. The second-order valence-corrected chi connectivity index (χ2v) is 4.65. The summed E-state index contributed by atoms with van der Waals surface area (Å²) in [6.07, 6.45) is 0.631. The number of benzene rings is 1. The normalized spacial score (nSPS) is 12.3. The van der Waals surface area contributed by atoms with Gasteiger partial charge in [0.2, 0.25) is 5.91 Å². The number of carbonyl (C=O) groups is 1. The third-order valence-electron chi connectivity index (χ3n) is 2.70. The predicted molar refractivity (Wildman–Crippen MR) is 72.5 cm³/mol. The fraction of sp³-hybridized carbons (Fsp3) is 0.500. The van der Waals surface area contributed by atoms with E-state index in [9.17, 15) is 4.79 Å². The van der Waals surface area contributed by atoms with Gasteiger partial charge < -0.3 is 15.8 Å². The highest BCUT2D eigenvalue weighted by molar-refractivity contribution is 5.79. The molecule has 4 heteroatoms. The average molecular weight is 250 g/mol. The van der Waals surface area contributed by atoms with Crippen LogP contribution >= 0.6 is 0 Å². The highest BCUT2D eigenvalue weighted by Gasteiger charge is 2.18. The zero-order valence-corrected chi connectivity index (χ0v) is 11.3. The standard InChI is InChI=1S/C14H22N2O2/c1-10(2)16-14(17)12(9-15)7-11-5-4-6-13(8-11)18-3/h4-6,8,10,12H,7,9,15H2,1-3H3,(H,16,17). The highest BCUT2D eigenvalue weighted by Crippen LogP contribution is 2.16. The number of nitrogens with two attached hydrogens (primary N) is 1. The van der Waals surface area contributed by atoms with Gasteiger partial charge in [0.1, 0.15) is 5.75 Å². The zero-order chi connectivity index (χ0) is 13.5. The molecule has 0 aliphatic rings. The molecule has 0 saturated carbocycles. The number of amides is 1. The number of methoxy groups -OCH3 is 1. The van der Waals surface area contributed by atoms with Crippen LogP contribution in [0, 0.1) is 5.92 Å². The van der Waals surface area contributed by atoms with Crippen LogP contribution in [0.25, 0.3) is 0 Å². The second kappa shape index (κ2) is 7.01. The van der Waals surface area contributed by atoms with Crippen LogP contribution in [-0.2, 0) is 11.2 Å². The molecule has 3 N–H and O–H groups in total. The highest BCUT2D eigenvalue weighted by atomic mass is 16.5. The average Bonchev–Trinajstić information content (AvgIpc) is 2.35. The van der Waals surface area contributed by atoms with E-state index in [0.717, 1.165) is 11.3 Å². The van der Waals surface area contributed by atoms with Gasteiger partial charge in [-0.05, 0) is 38.0 Å². The second-order valence-electron chi connectivity index (χ2n) is 4.65. The lowest BCUT2D eigenvalue weighted by Gasteiger charge is -2.17. The van der Waals surface area contributed by atoms with Crippen molar-refractivity contribution < 1.29 is 9.53 Å². The van der Waals surface area contributed by atoms with Crippen molar-refractivity contribution in [1.29, 1.82) is 0 Å². The third kappa shape index (κ3) is 4.37. The number of nitrogens with one attached hydrogen (secondary N) is 1. The summed E-state index contributed by atoms with van der Waals surface area (Å²) in [6.45, 7) is 4.23. The molecule has 0 spiro atoms. The summed E-state index contributed by atoms with van der Waals surface area (Å²) in [5.41, 5.74) is 6.73. The van der Waals surface area contributed by atoms with Crippen LogP contribution in [0.1, 0.15) is 19.4 Å². The van der Waals surface area contributed by atoms with Gasteiger partial charge in [-0.25, -0.2) is 0 Å². The molecule has 0 heterocycles. The molecule has 0 aliphatic heterocycles. The molecule has 100 valence electrons. The Hall–Kier alpha value is -1.55. The lowest BCUT2D eigenvalue weighted by Crippen LogP contribution is -2.39. The SMILES string of the molecule is COc1cccc(CC(CN)C(=O)NC(C)C)c1. The van der Waals surface area contributed by atoms with Crippen molar-refractivity contribution in [2.75, 3.05) is 13.7 Å². The van der Waals surface area contributed by atoms with Crippen molar-refractivity contribution in [2.24, 2.45) is 11.7 Å². The van der Waals surface area contributed by atoms with Crippen LogP contribution in [0.4, 0.5) is 0 Å². The van der Waals surface area contributed by atoms with Gasteiger partial charge in [0.05, 0.1) is 13.0 Å². The smallest absolute Gasteiger partial charge is 0.224 e. The fourth-order valence-corrected chi connectivity index (χ4v) is 1.77. The van der Waals surface area contributed by atoms with Crippen LogP contribution < -0.4 is 15.8 Å². The zero-order valence-electron chi connectivity index (χ0n) is 11.3. The molecule has 1 aromatic rings. The van der Waals surface area contributed by atoms with Gasteiger partial charge >= 0.3 is 0 Å². The minimum atomic E-state index is -0.195. The lowest BCUT2D eigenvalue weighted by atomic mass is 9.98. The molecule has 0 bridgehead atoms. The summed E-state index contributed by atoms with van der Waals surface area (Å²) >= 11 is 0. The van der Waals surface area contributed by atoms with Gasteiger partial charge in [-0.1, -0.05) is 12.1 Å². The Bertz CT molecular complexity index is 391. The molecule has 0 aliphatic carbocycles. The summed E-state index contributed by atoms with van der Waals surface area (Å²) in [4.78, 5) is 11.9. The van der Waals surface area contributed by atoms with E-state index in [0.29, 0.717) is 13.0 Å². The van der Waals surface area contributed by atoms with Gasteiger partial charge in [-0.2, -0.15) is 0 Å². The molecular formula is C14H22N2O2.